The van der Waals surface area contributed by atoms with Crippen molar-refractivity contribution in [3.05, 3.63) is 17.7 Å². The molecular weight excluding hydrogens is 232 g/mol. The maximum absolute atomic E-state index is 11.4. The zero-order valence-electron chi connectivity index (χ0n) is 8.85. The number of rotatable bonds is 2. The molecule has 0 saturated heterocycles. The zero-order chi connectivity index (χ0) is 11.8. The summed E-state index contributed by atoms with van der Waals surface area (Å²) in [6, 6.07) is 3.40. The second kappa shape index (κ2) is 3.96. The van der Waals surface area contributed by atoms with Gasteiger partial charge in [0.05, 0.1) is 10.6 Å². The number of nitrogen functional groups attached to an aromatic ring is 1. The van der Waals surface area contributed by atoms with Gasteiger partial charge in [0.2, 0.25) is 0 Å². The first-order chi connectivity index (χ1) is 6.73. The highest BCUT2D eigenvalue weighted by Crippen LogP contribution is 2.27. The Labute approximate surface area is 94.6 Å². The van der Waals surface area contributed by atoms with Crippen LogP contribution in [-0.2, 0) is 20.0 Å². The maximum Gasteiger partial charge on any atom is 0.173 e. The summed E-state index contributed by atoms with van der Waals surface area (Å²) < 4.78 is 20.8. The number of nitrogens with zero attached hydrogens (tertiary/aromatic N) is 1. The third-order valence-electron chi connectivity index (χ3n) is 2.13. The molecule has 0 aliphatic heterocycles. The van der Waals surface area contributed by atoms with E-state index >= 15 is 0 Å². The fourth-order valence-corrected chi connectivity index (χ4v) is 2.34. The van der Waals surface area contributed by atoms with E-state index in [0.29, 0.717) is 5.69 Å². The van der Waals surface area contributed by atoms with Crippen LogP contribution in [0.1, 0.15) is 5.56 Å². The zero-order valence-corrected chi connectivity index (χ0v) is 10.5. The van der Waals surface area contributed by atoms with Crippen molar-refractivity contribution < 1.29 is 8.76 Å². The van der Waals surface area contributed by atoms with Crippen LogP contribution in [0.25, 0.3) is 0 Å². The van der Waals surface area contributed by atoms with Crippen molar-refractivity contribution in [2.24, 2.45) is 0 Å². The van der Waals surface area contributed by atoms with Gasteiger partial charge in [0.25, 0.3) is 0 Å². The lowest BCUT2D eigenvalue weighted by molar-refractivity contribution is 0.562. The summed E-state index contributed by atoms with van der Waals surface area (Å²) in [4.78, 5) is 1.96. The molecule has 15 heavy (non-hydrogen) atoms. The summed E-state index contributed by atoms with van der Waals surface area (Å²) in [7, 11) is 0.259. The summed E-state index contributed by atoms with van der Waals surface area (Å²) >= 11 is 4.53. The smallest absolute Gasteiger partial charge is 0.173 e. The van der Waals surface area contributed by atoms with E-state index < -0.39 is 8.77 Å². The molecule has 1 aromatic rings. The molecule has 1 atom stereocenters. The number of hydrogen-bond donors (Lipinski definition) is 2. The molecule has 0 aliphatic rings. The molecule has 0 saturated carbocycles. The van der Waals surface area contributed by atoms with Crippen molar-refractivity contribution in [1.82, 2.24) is 0 Å². The Hall–Kier alpha value is -0.850. The molecule has 6 heteroatoms. The van der Waals surface area contributed by atoms with Gasteiger partial charge in [0.15, 0.2) is 8.77 Å². The van der Waals surface area contributed by atoms with Gasteiger partial charge in [-0.25, -0.2) is 4.21 Å². The van der Waals surface area contributed by atoms with E-state index in [4.69, 9.17) is 5.73 Å². The van der Waals surface area contributed by atoms with Crippen LogP contribution in [-0.4, -0.2) is 22.9 Å². The van der Waals surface area contributed by atoms with Crippen LogP contribution in [0, 0.1) is 6.92 Å². The van der Waals surface area contributed by atoms with E-state index in [0.717, 1.165) is 11.3 Å². The Morgan fingerprint density at radius 1 is 1.47 bits per heavy atom. The third kappa shape index (κ3) is 2.58. The van der Waals surface area contributed by atoms with Gasteiger partial charge < -0.3 is 15.2 Å². The first-order valence-electron chi connectivity index (χ1n) is 4.28. The minimum Gasteiger partial charge on any atom is -0.397 e. The third-order valence-corrected chi connectivity index (χ3v) is 3.56. The highest BCUT2D eigenvalue weighted by Gasteiger charge is 2.14. The van der Waals surface area contributed by atoms with Crippen LogP contribution in [0.2, 0.25) is 0 Å². The van der Waals surface area contributed by atoms with E-state index in [-0.39, 0.29) is 4.90 Å². The van der Waals surface area contributed by atoms with Crippen LogP contribution >= 0.6 is 0 Å². The SMILES string of the molecule is Cc1cc(N(C)C)cc(S(=O)(O)=S)c1N. The Balaban J connectivity index is 3.52. The molecule has 4 nitrogen and oxygen atoms in total. The first kappa shape index (κ1) is 12.2. The standard InChI is InChI=1S/C9H14N2O2S2/c1-6-4-7(11(2)3)5-8(9(6)10)15(12,13)14/h4-5H,10H2,1-3H3,(H,12,13,14). The van der Waals surface area contributed by atoms with Crippen molar-refractivity contribution in [2.45, 2.75) is 11.8 Å². The molecule has 0 radical (unpaired) electrons. The van der Waals surface area contributed by atoms with Gasteiger partial charge in [-0.3, -0.25) is 0 Å². The summed E-state index contributed by atoms with van der Waals surface area (Å²) in [5.41, 5.74) is 7.57. The van der Waals surface area contributed by atoms with Gasteiger partial charge in [0, 0.05) is 31.0 Å². The van der Waals surface area contributed by atoms with Gasteiger partial charge in [-0.2, -0.15) is 0 Å². The monoisotopic (exact) mass is 246 g/mol. The molecule has 1 unspecified atom stereocenters. The fraction of sp³-hybridized carbons (Fsp3) is 0.333. The van der Waals surface area contributed by atoms with Crippen molar-refractivity contribution in [3.63, 3.8) is 0 Å². The molecule has 1 rings (SSSR count). The van der Waals surface area contributed by atoms with Gasteiger partial charge >= 0.3 is 0 Å². The summed E-state index contributed by atoms with van der Waals surface area (Å²) in [6.07, 6.45) is 0. The lowest BCUT2D eigenvalue weighted by Crippen LogP contribution is -2.11. The molecular formula is C9H14N2O2S2. The number of anilines is 2. The van der Waals surface area contributed by atoms with Gasteiger partial charge in [-0.15, -0.1) is 0 Å². The highest BCUT2D eigenvalue weighted by atomic mass is 32.8. The van der Waals surface area contributed by atoms with Crippen molar-refractivity contribution in [3.8, 4) is 0 Å². The van der Waals surface area contributed by atoms with Crippen molar-refractivity contribution in [2.75, 3.05) is 24.7 Å². The number of hydrogen-bond acceptors (Lipinski definition) is 4. The van der Waals surface area contributed by atoms with E-state index in [9.17, 15) is 8.76 Å². The number of nitrogens with two attached hydrogens (primary N) is 1. The van der Waals surface area contributed by atoms with Crippen LogP contribution < -0.4 is 10.6 Å². The van der Waals surface area contributed by atoms with Crippen LogP contribution in [0.3, 0.4) is 0 Å². The van der Waals surface area contributed by atoms with E-state index in [1.807, 2.05) is 25.1 Å². The molecule has 3 N–H and O–H groups in total. The molecule has 0 spiro atoms. The highest BCUT2D eigenvalue weighted by molar-refractivity contribution is 8.29. The summed E-state index contributed by atoms with van der Waals surface area (Å²) in [5.74, 6) is 0. The van der Waals surface area contributed by atoms with Crippen molar-refractivity contribution in [1.29, 1.82) is 0 Å². The predicted molar refractivity (Wildman–Crippen MR) is 66.3 cm³/mol. The summed E-state index contributed by atoms with van der Waals surface area (Å²) in [6.45, 7) is 1.78. The molecule has 84 valence electrons. The lowest BCUT2D eigenvalue weighted by Gasteiger charge is -2.16. The second-order valence-electron chi connectivity index (χ2n) is 3.54. The van der Waals surface area contributed by atoms with Crippen LogP contribution in [0.15, 0.2) is 17.0 Å². The van der Waals surface area contributed by atoms with Gasteiger partial charge in [0.1, 0.15) is 0 Å². The van der Waals surface area contributed by atoms with E-state index in [1.54, 1.807) is 13.0 Å². The van der Waals surface area contributed by atoms with E-state index in [1.165, 1.54) is 0 Å². The van der Waals surface area contributed by atoms with Crippen molar-refractivity contribution >= 4 is 31.3 Å². The number of aryl methyl sites for hydroxylation is 1. The maximum atomic E-state index is 11.4. The predicted octanol–water partition coefficient (Wildman–Crippen LogP) is 1.22. The number of benzene rings is 1. The largest absolute Gasteiger partial charge is 0.397 e. The minimum absolute atomic E-state index is 0.126. The van der Waals surface area contributed by atoms with Gasteiger partial charge in [-0.1, -0.05) is 0 Å². The Morgan fingerprint density at radius 2 is 2.00 bits per heavy atom. The normalized spacial score (nSPS) is 14.7. The second-order valence-corrected chi connectivity index (χ2v) is 6.29. The van der Waals surface area contributed by atoms with Crippen LogP contribution in [0.5, 0.6) is 0 Å². The average Bonchev–Trinajstić information content (AvgIpc) is 2.06. The molecule has 0 heterocycles. The molecule has 0 aromatic heterocycles. The first-order valence-corrected chi connectivity index (χ1v) is 6.72. The minimum atomic E-state index is -3.43. The van der Waals surface area contributed by atoms with Crippen LogP contribution in [0.4, 0.5) is 11.4 Å². The summed E-state index contributed by atoms with van der Waals surface area (Å²) in [5, 5.41) is 0. The quantitative estimate of drug-likeness (QED) is 0.768. The topological polar surface area (TPSA) is 66.6 Å². The van der Waals surface area contributed by atoms with Gasteiger partial charge in [-0.05, 0) is 24.6 Å². The Morgan fingerprint density at radius 3 is 2.40 bits per heavy atom. The fourth-order valence-electron chi connectivity index (χ4n) is 1.22. The van der Waals surface area contributed by atoms with E-state index in [2.05, 4.69) is 11.2 Å². The molecule has 0 fully saturated rings. The molecule has 1 aromatic carbocycles. The average molecular weight is 246 g/mol. The molecule has 0 amide bonds. The Bertz CT molecular complexity index is 481. The Kier molecular flexibility index (Phi) is 3.22. The lowest BCUT2D eigenvalue weighted by atomic mass is 10.2. The molecule has 0 bridgehead atoms. The molecule has 0 aliphatic carbocycles.